The van der Waals surface area contributed by atoms with Crippen LogP contribution in [0.4, 0.5) is 0 Å². The third-order valence-electron chi connectivity index (χ3n) is 3.94. The molecule has 3 heterocycles. The Morgan fingerprint density at radius 1 is 1.48 bits per heavy atom. The number of hydrogen-bond donors (Lipinski definition) is 0. The first-order chi connectivity index (χ1) is 11.1. The predicted octanol–water partition coefficient (Wildman–Crippen LogP) is 2.84. The number of carbonyl (C=O) groups excluding carboxylic acids is 1. The smallest absolute Gasteiger partial charge is 0.274 e. The van der Waals surface area contributed by atoms with Gasteiger partial charge in [-0.3, -0.25) is 9.48 Å². The summed E-state index contributed by atoms with van der Waals surface area (Å²) in [6, 6.07) is 3.34. The van der Waals surface area contributed by atoms with Crippen molar-refractivity contribution in [3.63, 3.8) is 0 Å². The first kappa shape index (κ1) is 15.8. The quantitative estimate of drug-likeness (QED) is 0.862. The van der Waals surface area contributed by atoms with Gasteiger partial charge in [0.05, 0.1) is 23.9 Å². The number of nitrogens with zero attached hydrogens (tertiary/aromatic N) is 4. The predicted molar refractivity (Wildman–Crippen MR) is 86.6 cm³/mol. The van der Waals surface area contributed by atoms with Crippen LogP contribution < -0.4 is 4.74 Å². The van der Waals surface area contributed by atoms with Gasteiger partial charge < -0.3 is 9.64 Å². The van der Waals surface area contributed by atoms with Crippen LogP contribution in [0.5, 0.6) is 5.88 Å². The molecular formula is C16H19ClN4O2. The summed E-state index contributed by atoms with van der Waals surface area (Å²) in [5, 5.41) is 4.54. The Kier molecular flexibility index (Phi) is 4.52. The molecule has 23 heavy (non-hydrogen) atoms. The Balaban J connectivity index is 1.88. The lowest BCUT2D eigenvalue weighted by Crippen LogP contribution is -2.31. The SMILES string of the molecule is CCOc1ccc(Cl)c(C(=O)N2CCC[C@H]2c2cnn(C)c2)n1. The van der Waals surface area contributed by atoms with Crippen molar-refractivity contribution in [2.75, 3.05) is 13.2 Å². The number of aromatic nitrogens is 3. The fourth-order valence-corrected chi connectivity index (χ4v) is 3.09. The van der Waals surface area contributed by atoms with Crippen LogP contribution in [0.25, 0.3) is 0 Å². The van der Waals surface area contributed by atoms with Gasteiger partial charge in [-0.15, -0.1) is 0 Å². The number of pyridine rings is 1. The summed E-state index contributed by atoms with van der Waals surface area (Å²) < 4.78 is 7.12. The van der Waals surface area contributed by atoms with E-state index in [0.29, 0.717) is 24.1 Å². The van der Waals surface area contributed by atoms with E-state index in [1.54, 1.807) is 16.8 Å². The van der Waals surface area contributed by atoms with E-state index in [-0.39, 0.29) is 17.6 Å². The highest BCUT2D eigenvalue weighted by molar-refractivity contribution is 6.33. The minimum absolute atomic E-state index is 0.0183. The Bertz CT molecular complexity index is 716. The van der Waals surface area contributed by atoms with Crippen LogP contribution in [0, 0.1) is 0 Å². The maximum atomic E-state index is 12.9. The second-order valence-electron chi connectivity index (χ2n) is 5.52. The zero-order chi connectivity index (χ0) is 16.4. The number of likely N-dealkylation sites (tertiary alicyclic amines) is 1. The fraction of sp³-hybridized carbons (Fsp3) is 0.438. The number of hydrogen-bond acceptors (Lipinski definition) is 4. The Morgan fingerprint density at radius 3 is 3.00 bits per heavy atom. The van der Waals surface area contributed by atoms with Crippen LogP contribution in [0.3, 0.4) is 0 Å². The van der Waals surface area contributed by atoms with Crippen molar-refractivity contribution < 1.29 is 9.53 Å². The molecule has 0 bridgehead atoms. The van der Waals surface area contributed by atoms with Gasteiger partial charge in [-0.25, -0.2) is 4.98 Å². The van der Waals surface area contributed by atoms with Crippen LogP contribution in [-0.4, -0.2) is 38.7 Å². The Morgan fingerprint density at radius 2 is 2.30 bits per heavy atom. The maximum Gasteiger partial charge on any atom is 0.274 e. The molecule has 1 aliphatic rings. The molecule has 0 unspecified atom stereocenters. The number of halogens is 1. The third-order valence-corrected chi connectivity index (χ3v) is 4.24. The Labute approximate surface area is 140 Å². The van der Waals surface area contributed by atoms with Crippen molar-refractivity contribution in [1.82, 2.24) is 19.7 Å². The van der Waals surface area contributed by atoms with Crippen LogP contribution in [0.15, 0.2) is 24.5 Å². The second kappa shape index (κ2) is 6.58. The molecule has 1 atom stereocenters. The van der Waals surface area contributed by atoms with Crippen LogP contribution in [0.2, 0.25) is 5.02 Å². The minimum atomic E-state index is -0.164. The van der Waals surface area contributed by atoms with Crippen molar-refractivity contribution in [3.05, 3.63) is 40.8 Å². The van der Waals surface area contributed by atoms with Crippen LogP contribution in [-0.2, 0) is 7.05 Å². The fourth-order valence-electron chi connectivity index (χ4n) is 2.91. The number of rotatable bonds is 4. The van der Waals surface area contributed by atoms with E-state index >= 15 is 0 Å². The monoisotopic (exact) mass is 334 g/mol. The molecule has 1 amide bonds. The van der Waals surface area contributed by atoms with E-state index in [0.717, 1.165) is 18.4 Å². The molecule has 0 N–H and O–H groups in total. The topological polar surface area (TPSA) is 60.2 Å². The second-order valence-corrected chi connectivity index (χ2v) is 5.92. The number of amides is 1. The van der Waals surface area contributed by atoms with E-state index in [9.17, 15) is 4.79 Å². The summed E-state index contributed by atoms with van der Waals surface area (Å²) >= 11 is 6.19. The molecule has 0 aromatic carbocycles. The summed E-state index contributed by atoms with van der Waals surface area (Å²) in [7, 11) is 1.87. The molecule has 1 saturated heterocycles. The molecule has 7 heteroatoms. The van der Waals surface area contributed by atoms with Crippen molar-refractivity contribution in [2.24, 2.45) is 7.05 Å². The number of aryl methyl sites for hydroxylation is 1. The lowest BCUT2D eigenvalue weighted by atomic mass is 10.1. The molecule has 2 aromatic rings. The maximum absolute atomic E-state index is 12.9. The molecule has 0 spiro atoms. The molecule has 2 aromatic heterocycles. The molecule has 0 saturated carbocycles. The summed E-state index contributed by atoms with van der Waals surface area (Å²) in [4.78, 5) is 19.0. The minimum Gasteiger partial charge on any atom is -0.478 e. The molecule has 3 rings (SSSR count). The van der Waals surface area contributed by atoms with Crippen molar-refractivity contribution in [2.45, 2.75) is 25.8 Å². The Hall–Kier alpha value is -2.08. The van der Waals surface area contributed by atoms with Gasteiger partial charge >= 0.3 is 0 Å². The zero-order valence-corrected chi connectivity index (χ0v) is 14.0. The number of carbonyl (C=O) groups is 1. The molecular weight excluding hydrogens is 316 g/mol. The molecule has 1 fully saturated rings. The van der Waals surface area contributed by atoms with E-state index in [2.05, 4.69) is 10.1 Å². The highest BCUT2D eigenvalue weighted by Crippen LogP contribution is 2.33. The van der Waals surface area contributed by atoms with Crippen LogP contribution in [0.1, 0.15) is 41.9 Å². The third kappa shape index (κ3) is 3.17. The van der Waals surface area contributed by atoms with Gasteiger partial charge in [0.25, 0.3) is 5.91 Å². The molecule has 122 valence electrons. The van der Waals surface area contributed by atoms with Crippen molar-refractivity contribution in [1.29, 1.82) is 0 Å². The highest BCUT2D eigenvalue weighted by atomic mass is 35.5. The first-order valence-electron chi connectivity index (χ1n) is 7.69. The van der Waals surface area contributed by atoms with Gasteiger partial charge in [-0.05, 0) is 25.8 Å². The summed E-state index contributed by atoms with van der Waals surface area (Å²) in [5.74, 6) is 0.250. The standard InChI is InChI=1S/C16H19ClN4O2/c1-3-23-14-7-6-12(17)15(19-14)16(22)21-8-4-5-13(21)11-9-18-20(2)10-11/h6-7,9-10,13H,3-5,8H2,1-2H3/t13-/m0/s1. The molecule has 6 nitrogen and oxygen atoms in total. The molecule has 1 aliphatic heterocycles. The van der Waals surface area contributed by atoms with E-state index in [1.807, 2.05) is 31.3 Å². The summed E-state index contributed by atoms with van der Waals surface area (Å²) in [6.45, 7) is 3.05. The van der Waals surface area contributed by atoms with E-state index < -0.39 is 0 Å². The lowest BCUT2D eigenvalue weighted by Gasteiger charge is -2.24. The highest BCUT2D eigenvalue weighted by Gasteiger charge is 2.33. The van der Waals surface area contributed by atoms with Crippen molar-refractivity contribution in [3.8, 4) is 5.88 Å². The lowest BCUT2D eigenvalue weighted by molar-refractivity contribution is 0.0728. The molecule has 0 radical (unpaired) electrons. The van der Waals surface area contributed by atoms with Crippen LogP contribution >= 0.6 is 11.6 Å². The van der Waals surface area contributed by atoms with E-state index in [1.165, 1.54) is 0 Å². The van der Waals surface area contributed by atoms with Gasteiger partial charge in [0.2, 0.25) is 5.88 Å². The number of ether oxygens (including phenoxy) is 1. The van der Waals surface area contributed by atoms with Gasteiger partial charge in [0, 0.05) is 31.4 Å². The first-order valence-corrected chi connectivity index (χ1v) is 8.06. The van der Waals surface area contributed by atoms with E-state index in [4.69, 9.17) is 16.3 Å². The summed E-state index contributed by atoms with van der Waals surface area (Å²) in [5.41, 5.74) is 1.28. The van der Waals surface area contributed by atoms with Gasteiger partial charge in [-0.1, -0.05) is 11.6 Å². The van der Waals surface area contributed by atoms with Gasteiger partial charge in [-0.2, -0.15) is 5.10 Å². The largest absolute Gasteiger partial charge is 0.478 e. The van der Waals surface area contributed by atoms with Gasteiger partial charge in [0.1, 0.15) is 0 Å². The normalized spacial score (nSPS) is 17.5. The average molecular weight is 335 g/mol. The average Bonchev–Trinajstić information content (AvgIpc) is 3.17. The summed E-state index contributed by atoms with van der Waals surface area (Å²) in [6.07, 6.45) is 5.62. The zero-order valence-electron chi connectivity index (χ0n) is 13.2. The van der Waals surface area contributed by atoms with Gasteiger partial charge in [0.15, 0.2) is 5.69 Å². The van der Waals surface area contributed by atoms with Crippen molar-refractivity contribution >= 4 is 17.5 Å². The molecule has 0 aliphatic carbocycles.